The number of thioether (sulfide) groups is 1. The lowest BCUT2D eigenvalue weighted by atomic mass is 9.94. The van der Waals surface area contributed by atoms with Gasteiger partial charge in [-0.25, -0.2) is 0 Å². The summed E-state index contributed by atoms with van der Waals surface area (Å²) in [4.78, 5) is 21.7. The number of carbonyl (C=O) groups excluding carboxylic acids is 1. The van der Waals surface area contributed by atoms with E-state index in [0.29, 0.717) is 18.7 Å². The number of ether oxygens (including phenoxy) is 1. The summed E-state index contributed by atoms with van der Waals surface area (Å²) in [5.41, 5.74) is 3.44. The fourth-order valence-electron chi connectivity index (χ4n) is 5.51. The van der Waals surface area contributed by atoms with Crippen molar-refractivity contribution in [1.29, 1.82) is 0 Å². The number of halogens is 2. The number of amidine groups is 1. The number of hydrogen-bond donors (Lipinski definition) is 0. The smallest absolute Gasteiger partial charge is 0.266 e. The molecule has 5 rings (SSSR count). The third-order valence-corrected chi connectivity index (χ3v) is 10.0. The third kappa shape index (κ3) is 6.93. The highest BCUT2D eigenvalue weighted by atomic mass is 127. The van der Waals surface area contributed by atoms with Gasteiger partial charge in [-0.3, -0.25) is 14.7 Å². The van der Waals surface area contributed by atoms with Crippen LogP contribution in [0.4, 0.5) is 0 Å². The Bertz CT molecular complexity index is 1180. The maximum atomic E-state index is 13.7. The first-order valence-corrected chi connectivity index (χ1v) is 16.4. The minimum absolute atomic E-state index is 0.135. The van der Waals surface area contributed by atoms with Gasteiger partial charge in [0.25, 0.3) is 5.91 Å². The number of aryl methyl sites for hydroxylation is 1. The second kappa shape index (κ2) is 12.9. The van der Waals surface area contributed by atoms with Gasteiger partial charge in [-0.05, 0) is 119 Å². The van der Waals surface area contributed by atoms with E-state index in [4.69, 9.17) is 9.73 Å². The van der Waals surface area contributed by atoms with Gasteiger partial charge in [-0.15, -0.1) is 0 Å². The molecule has 1 heterocycles. The van der Waals surface area contributed by atoms with Crippen LogP contribution in [0.25, 0.3) is 6.08 Å². The van der Waals surface area contributed by atoms with Gasteiger partial charge in [-0.2, -0.15) is 0 Å². The van der Waals surface area contributed by atoms with Gasteiger partial charge >= 0.3 is 0 Å². The van der Waals surface area contributed by atoms with Crippen LogP contribution in [0.3, 0.4) is 0 Å². The summed E-state index contributed by atoms with van der Waals surface area (Å²) in [6.07, 6.45) is 14.0. The molecule has 0 unspecified atom stereocenters. The first-order chi connectivity index (χ1) is 18.0. The van der Waals surface area contributed by atoms with Crippen molar-refractivity contribution in [2.45, 2.75) is 89.8 Å². The summed E-state index contributed by atoms with van der Waals surface area (Å²) in [6, 6.07) is 13.3. The Balaban J connectivity index is 1.37. The minimum atomic E-state index is 0.135. The first kappa shape index (κ1) is 27.5. The quantitative estimate of drug-likeness (QED) is 0.220. The van der Waals surface area contributed by atoms with Crippen LogP contribution in [0.15, 0.2) is 46.3 Å². The zero-order valence-corrected chi connectivity index (χ0v) is 26.5. The zero-order valence-electron chi connectivity index (χ0n) is 21.3. The number of hydrogen-bond acceptors (Lipinski definition) is 4. The van der Waals surface area contributed by atoms with Gasteiger partial charge in [-0.1, -0.05) is 68.4 Å². The lowest BCUT2D eigenvalue weighted by Crippen LogP contribution is -2.41. The molecule has 4 nitrogen and oxygen atoms in total. The van der Waals surface area contributed by atoms with Gasteiger partial charge in [0, 0.05) is 6.04 Å². The molecule has 2 saturated carbocycles. The van der Waals surface area contributed by atoms with Crippen molar-refractivity contribution >= 4 is 74.1 Å². The van der Waals surface area contributed by atoms with E-state index < -0.39 is 0 Å². The topological polar surface area (TPSA) is 41.9 Å². The van der Waals surface area contributed by atoms with E-state index in [1.54, 1.807) is 11.8 Å². The number of nitrogens with zero attached hydrogens (tertiary/aromatic N) is 2. The van der Waals surface area contributed by atoms with Crippen molar-refractivity contribution in [2.24, 2.45) is 4.99 Å². The van der Waals surface area contributed by atoms with Crippen LogP contribution in [0.5, 0.6) is 5.75 Å². The maximum absolute atomic E-state index is 13.7. The fraction of sp³-hybridized carbons (Fsp3) is 0.467. The zero-order chi connectivity index (χ0) is 25.8. The molecule has 3 fully saturated rings. The first-order valence-electron chi connectivity index (χ1n) is 13.5. The molecule has 2 aromatic carbocycles. The minimum Gasteiger partial charge on any atom is -0.487 e. The van der Waals surface area contributed by atoms with E-state index >= 15 is 0 Å². The van der Waals surface area contributed by atoms with Gasteiger partial charge in [0.2, 0.25) is 0 Å². The summed E-state index contributed by atoms with van der Waals surface area (Å²) < 4.78 is 8.33. The lowest BCUT2D eigenvalue weighted by Gasteiger charge is -2.31. The molecule has 0 spiro atoms. The predicted octanol–water partition coefficient (Wildman–Crippen LogP) is 8.72. The molecule has 1 saturated heterocycles. The van der Waals surface area contributed by atoms with Gasteiger partial charge in [0.1, 0.15) is 12.4 Å². The van der Waals surface area contributed by atoms with Crippen molar-refractivity contribution in [1.82, 2.24) is 4.90 Å². The van der Waals surface area contributed by atoms with E-state index in [1.807, 2.05) is 0 Å². The number of carbonyl (C=O) groups is 1. The fourth-order valence-corrected chi connectivity index (χ4v) is 8.75. The molecule has 0 atom stereocenters. The number of benzene rings is 2. The van der Waals surface area contributed by atoms with Crippen LogP contribution < -0.4 is 4.74 Å². The van der Waals surface area contributed by atoms with Gasteiger partial charge < -0.3 is 4.74 Å². The van der Waals surface area contributed by atoms with Crippen LogP contribution in [0, 0.1) is 14.1 Å². The Morgan fingerprint density at radius 3 is 2.35 bits per heavy atom. The van der Waals surface area contributed by atoms with Crippen LogP contribution in [0.1, 0.15) is 80.9 Å². The van der Waals surface area contributed by atoms with Gasteiger partial charge in [0.05, 0.1) is 18.1 Å². The largest absolute Gasteiger partial charge is 0.487 e. The Hall–Kier alpha value is -1.07. The monoisotopic (exact) mass is 740 g/mol. The van der Waals surface area contributed by atoms with E-state index in [1.165, 1.54) is 49.7 Å². The van der Waals surface area contributed by atoms with Crippen molar-refractivity contribution in [3.8, 4) is 5.75 Å². The third-order valence-electron chi connectivity index (χ3n) is 7.43. The molecule has 0 N–H and O–H groups in total. The Kier molecular flexibility index (Phi) is 9.55. The summed E-state index contributed by atoms with van der Waals surface area (Å²) in [6.45, 7) is 2.64. The van der Waals surface area contributed by atoms with E-state index in [0.717, 1.165) is 54.2 Å². The summed E-state index contributed by atoms with van der Waals surface area (Å²) >= 11 is 6.28. The molecule has 196 valence electrons. The molecular weight excluding hydrogens is 706 g/mol. The molecule has 1 aliphatic heterocycles. The molecule has 1 amide bonds. The molecule has 0 bridgehead atoms. The van der Waals surface area contributed by atoms with E-state index in [9.17, 15) is 4.79 Å². The summed E-state index contributed by atoms with van der Waals surface area (Å²) in [5, 5.41) is 0.942. The predicted molar refractivity (Wildman–Crippen MR) is 171 cm³/mol. The standard InChI is InChI=1S/C30H34I2N2O2S/c1-20-9-8-10-21(15-20)19-36-28-25(31)16-22(17-26(28)32)18-27-29(35)34(24-13-6-3-7-14-24)30(37-27)33-23-11-4-2-5-12-23/h8-10,15-18,23-24H,2-7,11-14,19H2,1H3. The molecule has 0 radical (unpaired) electrons. The summed E-state index contributed by atoms with van der Waals surface area (Å²) in [7, 11) is 0. The lowest BCUT2D eigenvalue weighted by molar-refractivity contribution is -0.124. The average Bonchev–Trinajstić information content (AvgIpc) is 3.18. The second-order valence-corrected chi connectivity index (χ2v) is 13.7. The highest BCUT2D eigenvalue weighted by molar-refractivity contribution is 14.1. The van der Waals surface area contributed by atoms with Crippen molar-refractivity contribution in [3.63, 3.8) is 0 Å². The SMILES string of the molecule is Cc1cccc(COc2c(I)cc(C=C3SC(=NC4CCCCC4)N(C4CCCCC4)C3=O)cc2I)c1. The Labute approximate surface area is 252 Å². The molecule has 0 aromatic heterocycles. The van der Waals surface area contributed by atoms with Crippen molar-refractivity contribution < 1.29 is 9.53 Å². The molecule has 7 heteroatoms. The maximum Gasteiger partial charge on any atom is 0.266 e. The Morgan fingerprint density at radius 1 is 1.00 bits per heavy atom. The van der Waals surface area contributed by atoms with Gasteiger partial charge in [0.15, 0.2) is 5.17 Å². The van der Waals surface area contributed by atoms with Crippen LogP contribution in [-0.4, -0.2) is 28.1 Å². The average molecular weight is 740 g/mol. The Morgan fingerprint density at radius 2 is 1.68 bits per heavy atom. The van der Waals surface area contributed by atoms with Crippen LogP contribution in [-0.2, 0) is 11.4 Å². The van der Waals surface area contributed by atoms with Crippen LogP contribution in [0.2, 0.25) is 0 Å². The molecule has 2 aromatic rings. The van der Waals surface area contributed by atoms with E-state index in [2.05, 4.69) is 99.5 Å². The van der Waals surface area contributed by atoms with Crippen molar-refractivity contribution in [3.05, 3.63) is 65.1 Å². The van der Waals surface area contributed by atoms with E-state index in [-0.39, 0.29) is 5.91 Å². The highest BCUT2D eigenvalue weighted by Gasteiger charge is 2.39. The summed E-state index contributed by atoms with van der Waals surface area (Å²) in [5.74, 6) is 1.04. The highest BCUT2D eigenvalue weighted by Crippen LogP contribution is 2.39. The normalized spacial score (nSPS) is 21.8. The van der Waals surface area contributed by atoms with Crippen molar-refractivity contribution in [2.75, 3.05) is 0 Å². The molecule has 3 aliphatic rings. The molecule has 2 aliphatic carbocycles. The molecular formula is C30H34I2N2O2S. The second-order valence-electron chi connectivity index (χ2n) is 10.4. The molecule has 37 heavy (non-hydrogen) atoms. The number of aliphatic imine (C=N–C) groups is 1. The number of rotatable bonds is 6. The van der Waals surface area contributed by atoms with Crippen LogP contribution >= 0.6 is 56.9 Å². The number of amides is 1.